The first-order valence-corrected chi connectivity index (χ1v) is 11.7. The van der Waals surface area contributed by atoms with Crippen molar-refractivity contribution in [2.75, 3.05) is 18.1 Å². The molecule has 0 saturated carbocycles. The molecule has 2 heterocycles. The molecule has 4 rings (SSSR count). The third kappa shape index (κ3) is 5.14. The summed E-state index contributed by atoms with van der Waals surface area (Å²) >= 11 is 0. The Hall–Kier alpha value is -3.47. The van der Waals surface area contributed by atoms with E-state index in [4.69, 9.17) is 20.5 Å². The smallest absolute Gasteiger partial charge is 0.459 e. The number of benzene rings is 1. The highest BCUT2D eigenvalue weighted by molar-refractivity contribution is 7.52. The minimum Gasteiger partial charge on any atom is -0.480 e. The molecule has 0 bridgehead atoms. The van der Waals surface area contributed by atoms with Crippen LogP contribution in [0.3, 0.4) is 0 Å². The summed E-state index contributed by atoms with van der Waals surface area (Å²) in [5, 5.41) is 11.7. The predicted molar refractivity (Wildman–Crippen MR) is 121 cm³/mol. The molecule has 1 aromatic carbocycles. The third-order valence-corrected chi connectivity index (χ3v) is 6.77. The number of nitrogens with zero attached hydrogens (tertiary/aromatic N) is 4. The minimum absolute atomic E-state index is 0.0440. The lowest BCUT2D eigenvalue weighted by atomic mass is 10.1. The van der Waals surface area contributed by atoms with E-state index in [0.29, 0.717) is 23.3 Å². The number of aromatic nitrogens is 4. The largest absolute Gasteiger partial charge is 0.480 e. The molecule has 2 aromatic heterocycles. The van der Waals surface area contributed by atoms with E-state index in [2.05, 4.69) is 20.0 Å². The first-order valence-electron chi connectivity index (χ1n) is 10.2. The van der Waals surface area contributed by atoms with Crippen molar-refractivity contribution in [3.8, 4) is 5.75 Å². The normalized spacial score (nSPS) is 20.5. The van der Waals surface area contributed by atoms with Gasteiger partial charge in [0.05, 0.1) is 19.0 Å². The number of hydrogen-bond acceptors (Lipinski definition) is 9. The van der Waals surface area contributed by atoms with Crippen molar-refractivity contribution in [3.05, 3.63) is 48.8 Å². The zero-order valence-electron chi connectivity index (χ0n) is 17.7. The summed E-state index contributed by atoms with van der Waals surface area (Å²) in [6, 6.07) is 7.18. The average Bonchev–Trinajstić information content (AvgIpc) is 3.40. The van der Waals surface area contributed by atoms with Crippen LogP contribution in [0.15, 0.2) is 48.8 Å². The number of aliphatic carboxylic acids is 1. The number of nitrogens with two attached hydrogens (primary N) is 2. The Kier molecular flexibility index (Phi) is 6.32. The maximum atomic E-state index is 13.3. The summed E-state index contributed by atoms with van der Waals surface area (Å²) in [7, 11) is -3.97. The van der Waals surface area contributed by atoms with Gasteiger partial charge in [0.1, 0.15) is 17.3 Å². The lowest BCUT2D eigenvalue weighted by molar-refractivity contribution is -0.138. The van der Waals surface area contributed by atoms with Gasteiger partial charge < -0.3 is 25.7 Å². The number of nitrogen functional groups attached to an aromatic ring is 2. The molecule has 0 radical (unpaired) electrons. The van der Waals surface area contributed by atoms with E-state index in [0.717, 1.165) is 0 Å². The van der Waals surface area contributed by atoms with Crippen LogP contribution < -0.4 is 21.1 Å². The van der Waals surface area contributed by atoms with Crippen LogP contribution in [-0.4, -0.2) is 43.2 Å². The highest BCUT2D eigenvalue weighted by Gasteiger charge is 2.33. The van der Waals surface area contributed by atoms with Crippen LogP contribution >= 0.6 is 7.75 Å². The van der Waals surface area contributed by atoms with E-state index in [1.54, 1.807) is 36.7 Å². The number of hydrogen-bond donors (Lipinski definition) is 4. The van der Waals surface area contributed by atoms with Crippen molar-refractivity contribution in [2.24, 2.45) is 5.92 Å². The van der Waals surface area contributed by atoms with Gasteiger partial charge >= 0.3 is 13.7 Å². The van der Waals surface area contributed by atoms with Gasteiger partial charge in [-0.3, -0.25) is 9.32 Å². The van der Waals surface area contributed by atoms with Gasteiger partial charge in [-0.1, -0.05) is 30.4 Å². The van der Waals surface area contributed by atoms with Gasteiger partial charge in [-0.2, -0.15) is 15.1 Å². The number of carbonyl (C=O) groups is 1. The number of fused-ring (bicyclic) bond motifs is 1. The fraction of sp³-hybridized carbons (Fsp3) is 0.300. The van der Waals surface area contributed by atoms with Gasteiger partial charge in [0.15, 0.2) is 11.5 Å². The molecule has 6 N–H and O–H groups in total. The highest BCUT2D eigenvalue weighted by Crippen LogP contribution is 2.46. The summed E-state index contributed by atoms with van der Waals surface area (Å²) < 4.78 is 26.3. The quantitative estimate of drug-likeness (QED) is 0.264. The van der Waals surface area contributed by atoms with Crippen molar-refractivity contribution in [1.82, 2.24) is 24.6 Å². The lowest BCUT2D eigenvalue weighted by Crippen LogP contribution is -2.33. The zero-order valence-corrected chi connectivity index (χ0v) is 18.6. The van der Waals surface area contributed by atoms with Crippen molar-refractivity contribution >= 4 is 36.6 Å². The molecule has 13 heteroatoms. The van der Waals surface area contributed by atoms with Gasteiger partial charge in [0.25, 0.3) is 0 Å². The van der Waals surface area contributed by atoms with Gasteiger partial charge in [0.2, 0.25) is 5.95 Å². The monoisotopic (exact) mass is 473 g/mol. The van der Waals surface area contributed by atoms with Gasteiger partial charge in [-0.25, -0.2) is 9.55 Å². The number of carboxylic acid groups (broad SMARTS) is 1. The Morgan fingerprint density at radius 3 is 2.79 bits per heavy atom. The second kappa shape index (κ2) is 9.18. The van der Waals surface area contributed by atoms with Crippen molar-refractivity contribution in [2.45, 2.75) is 25.4 Å². The molecular weight excluding hydrogens is 449 g/mol. The maximum Gasteiger partial charge on any atom is 0.459 e. The Labute approximate surface area is 189 Å². The molecule has 0 saturated heterocycles. The number of imidazole rings is 1. The van der Waals surface area contributed by atoms with Crippen LogP contribution in [0.1, 0.15) is 19.4 Å². The first kappa shape index (κ1) is 22.7. The van der Waals surface area contributed by atoms with E-state index in [-0.39, 0.29) is 30.3 Å². The van der Waals surface area contributed by atoms with Crippen molar-refractivity contribution < 1.29 is 23.5 Å². The van der Waals surface area contributed by atoms with Crippen LogP contribution in [0.25, 0.3) is 11.2 Å². The van der Waals surface area contributed by atoms with Crippen LogP contribution in [0.2, 0.25) is 0 Å². The second-order valence-electron chi connectivity index (χ2n) is 7.63. The molecule has 0 amide bonds. The fourth-order valence-electron chi connectivity index (χ4n) is 3.48. The third-order valence-electron chi connectivity index (χ3n) is 5.12. The average molecular weight is 473 g/mol. The number of nitrogens with one attached hydrogen (secondary N) is 1. The fourth-order valence-corrected chi connectivity index (χ4v) is 5.03. The van der Waals surface area contributed by atoms with Crippen LogP contribution in [-0.2, 0) is 13.9 Å². The van der Waals surface area contributed by atoms with E-state index in [9.17, 15) is 14.5 Å². The highest BCUT2D eigenvalue weighted by atomic mass is 31.2. The van der Waals surface area contributed by atoms with Gasteiger partial charge in [-0.05, 0) is 25.5 Å². The summed E-state index contributed by atoms with van der Waals surface area (Å²) in [5.41, 5.74) is 12.6. The molecule has 33 heavy (non-hydrogen) atoms. The number of allylic oxidation sites excluding steroid dienone is 1. The number of para-hydroxylation sites is 1. The topological polar surface area (TPSA) is 180 Å². The predicted octanol–water partition coefficient (Wildman–Crippen LogP) is 2.37. The Morgan fingerprint density at radius 1 is 1.30 bits per heavy atom. The number of rotatable bonds is 9. The molecule has 12 nitrogen and oxygen atoms in total. The van der Waals surface area contributed by atoms with E-state index < -0.39 is 19.8 Å². The van der Waals surface area contributed by atoms with Crippen LogP contribution in [0.5, 0.6) is 5.75 Å². The van der Waals surface area contributed by atoms with Crippen LogP contribution in [0, 0.1) is 5.92 Å². The summed E-state index contributed by atoms with van der Waals surface area (Å²) in [6.07, 6.45) is 6.11. The molecule has 174 valence electrons. The molecule has 0 unspecified atom stereocenters. The Morgan fingerprint density at radius 2 is 2.06 bits per heavy atom. The lowest BCUT2D eigenvalue weighted by Gasteiger charge is -2.23. The Balaban J connectivity index is 1.45. The molecule has 1 aliphatic carbocycles. The summed E-state index contributed by atoms with van der Waals surface area (Å²) in [4.78, 5) is 23.7. The summed E-state index contributed by atoms with van der Waals surface area (Å²) in [5.74, 6) is -0.732. The standard InChI is InChI=1S/C20H24N7O5P/c1-12(19(28)29)26-33(30,32-15-5-3-2-4-6-15)31-10-13-7-8-14(9-13)27-11-23-16-17(21)24-20(22)25-18(16)27/h2-8,11-14H,9-10H2,1H3,(H,26,30)(H,28,29)(H4,21,22,24,25)/t12-,13+,14-,33+/m0/s1. The van der Waals surface area contributed by atoms with Crippen LogP contribution in [0.4, 0.5) is 11.8 Å². The second-order valence-corrected chi connectivity index (χ2v) is 9.32. The zero-order chi connectivity index (χ0) is 23.6. The first-order chi connectivity index (χ1) is 15.7. The molecule has 0 spiro atoms. The molecule has 3 aromatic rings. The minimum atomic E-state index is -3.97. The molecular formula is C20H24N7O5P. The van der Waals surface area contributed by atoms with E-state index >= 15 is 0 Å². The van der Waals surface area contributed by atoms with E-state index in [1.807, 2.05) is 16.7 Å². The van der Waals surface area contributed by atoms with Crippen molar-refractivity contribution in [3.63, 3.8) is 0 Å². The SMILES string of the molecule is C[C@H](N[P@@](=O)(OC[C@@H]1C=C[C@H](n2cnc3c(N)nc(N)nc32)C1)Oc1ccccc1)C(=O)O. The Bertz CT molecular complexity index is 1230. The van der Waals surface area contributed by atoms with E-state index in [1.165, 1.54) is 6.92 Å². The van der Waals surface area contributed by atoms with Gasteiger partial charge in [0, 0.05) is 5.92 Å². The molecule has 0 aliphatic heterocycles. The van der Waals surface area contributed by atoms with Crippen molar-refractivity contribution in [1.29, 1.82) is 0 Å². The maximum absolute atomic E-state index is 13.3. The summed E-state index contributed by atoms with van der Waals surface area (Å²) in [6.45, 7) is 1.41. The van der Waals surface area contributed by atoms with Gasteiger partial charge in [-0.15, -0.1) is 0 Å². The molecule has 4 atom stereocenters. The molecule has 1 aliphatic rings. The molecule has 0 fully saturated rings. The number of anilines is 2. The number of carboxylic acids is 1.